The van der Waals surface area contributed by atoms with Gasteiger partial charge in [-0.15, -0.1) is 5.10 Å². The van der Waals surface area contributed by atoms with Gasteiger partial charge in [-0.1, -0.05) is 4.49 Å². The van der Waals surface area contributed by atoms with Crippen LogP contribution >= 0.6 is 11.5 Å². The van der Waals surface area contributed by atoms with Gasteiger partial charge in [0.2, 0.25) is 0 Å². The van der Waals surface area contributed by atoms with Crippen LogP contribution in [0.3, 0.4) is 0 Å². The van der Waals surface area contributed by atoms with Gasteiger partial charge in [0.05, 0.1) is 10.6 Å². The topological polar surface area (TPSA) is 41.1 Å². The molecule has 0 aromatic carbocycles. The minimum atomic E-state index is 0.541. The lowest BCUT2D eigenvalue weighted by Crippen LogP contribution is -2.37. The van der Waals surface area contributed by atoms with Crippen molar-refractivity contribution in [3.63, 3.8) is 0 Å². The first-order valence-electron chi connectivity index (χ1n) is 5.99. The van der Waals surface area contributed by atoms with E-state index in [9.17, 15) is 0 Å². The maximum absolute atomic E-state index is 4.02. The fourth-order valence-electron chi connectivity index (χ4n) is 2.10. The predicted octanol–water partition coefficient (Wildman–Crippen LogP) is 1.42. The smallest absolute Gasteiger partial charge is 0.0769 e. The summed E-state index contributed by atoms with van der Waals surface area (Å²) in [4.78, 5) is 3.79. The van der Waals surface area contributed by atoms with E-state index in [1.54, 1.807) is 0 Å². The second kappa shape index (κ2) is 5.70. The molecular weight excluding hydrogens is 220 g/mol. The molecule has 90 valence electrons. The highest BCUT2D eigenvalue weighted by Crippen LogP contribution is 2.10. The summed E-state index contributed by atoms with van der Waals surface area (Å²) >= 11 is 1.50. The summed E-state index contributed by atoms with van der Waals surface area (Å²) in [5.41, 5.74) is 1.06. The maximum atomic E-state index is 4.02. The van der Waals surface area contributed by atoms with Crippen LogP contribution in [0.5, 0.6) is 0 Å². The Balaban J connectivity index is 1.71. The number of hydrogen-bond acceptors (Lipinski definition) is 5. The largest absolute Gasteiger partial charge is 0.308 e. The summed E-state index contributed by atoms with van der Waals surface area (Å²) in [6.07, 6.45) is 2.73. The molecule has 1 aromatic rings. The normalized spacial score (nSPS) is 19.1. The van der Waals surface area contributed by atoms with Gasteiger partial charge in [0.1, 0.15) is 0 Å². The van der Waals surface area contributed by atoms with Gasteiger partial charge in [-0.3, -0.25) is 0 Å². The second-order valence-corrected chi connectivity index (χ2v) is 5.41. The highest BCUT2D eigenvalue weighted by molar-refractivity contribution is 7.05. The Labute approximate surface area is 101 Å². The first-order chi connectivity index (χ1) is 7.75. The van der Waals surface area contributed by atoms with E-state index in [1.165, 1.54) is 42.3 Å². The molecule has 1 atom stereocenters. The molecule has 0 spiro atoms. The molecule has 16 heavy (non-hydrogen) atoms. The van der Waals surface area contributed by atoms with Crippen LogP contribution in [0.25, 0.3) is 0 Å². The van der Waals surface area contributed by atoms with Crippen LogP contribution < -0.4 is 5.32 Å². The fourth-order valence-corrected chi connectivity index (χ4v) is 2.68. The fraction of sp³-hybridized carbons (Fsp3) is 0.818. The lowest BCUT2D eigenvalue weighted by Gasteiger charge is -2.20. The zero-order valence-corrected chi connectivity index (χ0v) is 10.9. The molecule has 0 saturated carbocycles. The Bertz CT molecular complexity index is 320. The van der Waals surface area contributed by atoms with Crippen molar-refractivity contribution >= 4 is 11.5 Å². The highest BCUT2D eigenvalue weighted by atomic mass is 32.1. The van der Waals surface area contributed by atoms with E-state index in [0.29, 0.717) is 6.04 Å². The van der Waals surface area contributed by atoms with Crippen LogP contribution in [0.15, 0.2) is 0 Å². The number of likely N-dealkylation sites (tertiary alicyclic amines) is 1. The van der Waals surface area contributed by atoms with Crippen molar-refractivity contribution < 1.29 is 0 Å². The van der Waals surface area contributed by atoms with Gasteiger partial charge >= 0.3 is 0 Å². The monoisotopic (exact) mass is 240 g/mol. The Morgan fingerprint density at radius 2 is 2.19 bits per heavy atom. The van der Waals surface area contributed by atoms with Gasteiger partial charge in [-0.2, -0.15) is 0 Å². The summed E-state index contributed by atoms with van der Waals surface area (Å²) in [6, 6.07) is 0.541. The molecule has 1 saturated heterocycles. The number of hydrogen-bond donors (Lipinski definition) is 1. The maximum Gasteiger partial charge on any atom is 0.0769 e. The summed E-state index contributed by atoms with van der Waals surface area (Å²) in [7, 11) is 0. The number of nitrogens with one attached hydrogen (secondary N) is 1. The van der Waals surface area contributed by atoms with Gasteiger partial charge in [-0.25, -0.2) is 0 Å². The molecule has 4 nitrogen and oxygen atoms in total. The van der Waals surface area contributed by atoms with Crippen molar-refractivity contribution in [2.45, 2.75) is 39.3 Å². The third-order valence-electron chi connectivity index (χ3n) is 3.09. The number of rotatable bonds is 5. The highest BCUT2D eigenvalue weighted by Gasteiger charge is 2.14. The van der Waals surface area contributed by atoms with Gasteiger partial charge in [0, 0.05) is 19.1 Å². The Hall–Kier alpha value is -0.520. The standard InChI is InChI=1S/C11H20N4S/c1-9(8-15-5-3-4-6-15)12-7-11-10(2)13-14-16-11/h9,12H,3-8H2,1-2H3. The van der Waals surface area contributed by atoms with Gasteiger partial charge < -0.3 is 10.2 Å². The molecule has 0 amide bonds. The summed E-state index contributed by atoms with van der Waals surface area (Å²) in [5.74, 6) is 0. The van der Waals surface area contributed by atoms with E-state index < -0.39 is 0 Å². The number of aryl methyl sites for hydroxylation is 1. The summed E-state index contributed by atoms with van der Waals surface area (Å²) in [6.45, 7) is 8.87. The van der Waals surface area contributed by atoms with Crippen LogP contribution in [0.4, 0.5) is 0 Å². The lowest BCUT2D eigenvalue weighted by molar-refractivity contribution is 0.298. The predicted molar refractivity (Wildman–Crippen MR) is 66.6 cm³/mol. The zero-order chi connectivity index (χ0) is 11.4. The average molecular weight is 240 g/mol. The van der Waals surface area contributed by atoms with E-state index in [-0.39, 0.29) is 0 Å². The molecule has 0 bridgehead atoms. The molecule has 1 aliphatic rings. The van der Waals surface area contributed by atoms with Crippen molar-refractivity contribution in [2.75, 3.05) is 19.6 Å². The zero-order valence-electron chi connectivity index (χ0n) is 10.1. The summed E-state index contributed by atoms with van der Waals surface area (Å²) < 4.78 is 3.94. The van der Waals surface area contributed by atoms with Crippen LogP contribution in [0.1, 0.15) is 30.3 Å². The third kappa shape index (κ3) is 3.23. The van der Waals surface area contributed by atoms with Crippen LogP contribution in [-0.4, -0.2) is 40.2 Å². The SMILES string of the molecule is Cc1nnsc1CNC(C)CN1CCCC1. The summed E-state index contributed by atoms with van der Waals surface area (Å²) in [5, 5.41) is 7.56. The molecule has 1 fully saturated rings. The van der Waals surface area contributed by atoms with E-state index in [2.05, 4.69) is 26.7 Å². The molecule has 1 aromatic heterocycles. The minimum absolute atomic E-state index is 0.541. The van der Waals surface area contributed by atoms with Crippen molar-refractivity contribution in [1.82, 2.24) is 19.8 Å². The molecule has 1 unspecified atom stereocenters. The third-order valence-corrected chi connectivity index (χ3v) is 3.91. The quantitative estimate of drug-likeness (QED) is 0.845. The number of aromatic nitrogens is 2. The van der Waals surface area contributed by atoms with Crippen molar-refractivity contribution in [3.8, 4) is 0 Å². The van der Waals surface area contributed by atoms with E-state index in [1.807, 2.05) is 6.92 Å². The van der Waals surface area contributed by atoms with Crippen molar-refractivity contribution in [2.24, 2.45) is 0 Å². The van der Waals surface area contributed by atoms with Crippen LogP contribution in [0, 0.1) is 6.92 Å². The Kier molecular flexibility index (Phi) is 4.26. The van der Waals surface area contributed by atoms with Gasteiger partial charge in [0.15, 0.2) is 0 Å². The molecule has 1 N–H and O–H groups in total. The first kappa shape index (κ1) is 12.0. The molecule has 5 heteroatoms. The number of nitrogens with zero attached hydrogens (tertiary/aromatic N) is 3. The molecule has 2 heterocycles. The van der Waals surface area contributed by atoms with Crippen molar-refractivity contribution in [3.05, 3.63) is 10.6 Å². The van der Waals surface area contributed by atoms with Crippen molar-refractivity contribution in [1.29, 1.82) is 0 Å². The van der Waals surface area contributed by atoms with Crippen LogP contribution in [-0.2, 0) is 6.54 Å². The van der Waals surface area contributed by atoms with E-state index in [0.717, 1.165) is 18.8 Å². The average Bonchev–Trinajstić information content (AvgIpc) is 2.87. The minimum Gasteiger partial charge on any atom is -0.308 e. The Morgan fingerprint density at radius 3 is 2.81 bits per heavy atom. The van der Waals surface area contributed by atoms with Gasteiger partial charge in [-0.05, 0) is 51.3 Å². The van der Waals surface area contributed by atoms with E-state index >= 15 is 0 Å². The van der Waals surface area contributed by atoms with E-state index in [4.69, 9.17) is 0 Å². The Morgan fingerprint density at radius 1 is 1.44 bits per heavy atom. The second-order valence-electron chi connectivity index (χ2n) is 4.57. The van der Waals surface area contributed by atoms with Gasteiger partial charge in [0.25, 0.3) is 0 Å². The molecule has 1 aliphatic heterocycles. The lowest BCUT2D eigenvalue weighted by atomic mass is 10.3. The molecule has 2 rings (SSSR count). The molecule has 0 radical (unpaired) electrons. The molecular formula is C11H20N4S. The first-order valence-corrected chi connectivity index (χ1v) is 6.76. The van der Waals surface area contributed by atoms with Crippen LogP contribution in [0.2, 0.25) is 0 Å². The molecule has 0 aliphatic carbocycles.